The van der Waals surface area contributed by atoms with Crippen molar-refractivity contribution in [3.05, 3.63) is 62.6 Å². The van der Waals surface area contributed by atoms with E-state index in [1.54, 1.807) is 43.3 Å². The summed E-state index contributed by atoms with van der Waals surface area (Å²) in [6.45, 7) is 3.72. The van der Waals surface area contributed by atoms with Crippen LogP contribution in [0.5, 0.6) is 0 Å². The Hall–Kier alpha value is -2.00. The number of aryl methyl sites for hydroxylation is 1. The zero-order valence-electron chi connectivity index (χ0n) is 20.1. The Morgan fingerprint density at radius 3 is 2.26 bits per heavy atom. The predicted molar refractivity (Wildman–Crippen MR) is 143 cm³/mol. The van der Waals surface area contributed by atoms with E-state index in [0.717, 1.165) is 11.8 Å². The fourth-order valence-electron chi connectivity index (χ4n) is 3.77. The van der Waals surface area contributed by atoms with E-state index < -0.39 is 16.1 Å². The third kappa shape index (κ3) is 7.74. The quantitative estimate of drug-likeness (QED) is 0.415. The van der Waals surface area contributed by atoms with Crippen LogP contribution in [0.15, 0.2) is 36.4 Å². The van der Waals surface area contributed by atoms with Crippen LogP contribution in [0, 0.1) is 6.92 Å². The van der Waals surface area contributed by atoms with E-state index in [-0.39, 0.29) is 37.7 Å². The number of amides is 2. The summed E-state index contributed by atoms with van der Waals surface area (Å²) in [7, 11) is -2.12. The molecular weight excluding hydrogens is 533 g/mol. The first-order chi connectivity index (χ1) is 16.4. The Kier molecular flexibility index (Phi) is 10.7. The molecule has 192 valence electrons. The number of nitrogens with one attached hydrogen (secondary N) is 1. The molecule has 1 atom stereocenters. The average molecular weight is 563 g/mol. The summed E-state index contributed by atoms with van der Waals surface area (Å²) in [6, 6.07) is 9.32. The number of halogens is 3. The van der Waals surface area contributed by atoms with Gasteiger partial charge in [0.2, 0.25) is 21.8 Å². The molecule has 0 saturated carbocycles. The van der Waals surface area contributed by atoms with Gasteiger partial charge in [-0.05, 0) is 49.6 Å². The van der Waals surface area contributed by atoms with Crippen LogP contribution in [0.25, 0.3) is 0 Å². The number of anilines is 1. The fraction of sp³-hybridized carbons (Fsp3) is 0.417. The van der Waals surface area contributed by atoms with Crippen molar-refractivity contribution in [2.75, 3.05) is 24.2 Å². The number of sulfonamides is 1. The van der Waals surface area contributed by atoms with Crippen molar-refractivity contribution in [2.45, 2.75) is 45.7 Å². The molecule has 0 fully saturated rings. The van der Waals surface area contributed by atoms with Crippen LogP contribution in [0.3, 0.4) is 0 Å². The lowest BCUT2D eigenvalue weighted by Gasteiger charge is -2.31. The van der Waals surface area contributed by atoms with Crippen molar-refractivity contribution in [3.63, 3.8) is 0 Å². The number of hydrogen-bond acceptors (Lipinski definition) is 4. The first kappa shape index (κ1) is 29.2. The second-order valence-corrected chi connectivity index (χ2v) is 11.3. The number of carbonyl (C=O) groups excluding carboxylic acids is 2. The summed E-state index contributed by atoms with van der Waals surface area (Å²) in [6.07, 6.45) is 1.74. The van der Waals surface area contributed by atoms with Gasteiger partial charge in [0.1, 0.15) is 6.04 Å². The normalized spacial score (nSPS) is 12.2. The van der Waals surface area contributed by atoms with E-state index in [1.165, 1.54) is 16.3 Å². The van der Waals surface area contributed by atoms with Crippen molar-refractivity contribution in [1.29, 1.82) is 0 Å². The lowest BCUT2D eigenvalue weighted by molar-refractivity contribution is -0.141. The minimum absolute atomic E-state index is 0.0151. The van der Waals surface area contributed by atoms with Crippen molar-refractivity contribution < 1.29 is 18.0 Å². The molecule has 0 aliphatic heterocycles. The summed E-state index contributed by atoms with van der Waals surface area (Å²) in [5, 5.41) is 3.79. The van der Waals surface area contributed by atoms with E-state index >= 15 is 0 Å². The summed E-state index contributed by atoms with van der Waals surface area (Å²) in [5.41, 5.74) is 1.75. The SMILES string of the molecule is CC[C@@H](C(=O)NC)N(Cc1c(Cl)cccc1Cl)C(=O)CCCN(c1cc(Cl)ccc1C)S(C)(=O)=O. The molecule has 35 heavy (non-hydrogen) atoms. The van der Waals surface area contributed by atoms with Crippen LogP contribution in [0.1, 0.15) is 37.3 Å². The number of likely N-dealkylation sites (N-methyl/N-ethyl adjacent to an activating group) is 1. The van der Waals surface area contributed by atoms with Gasteiger partial charge in [0.05, 0.1) is 11.9 Å². The molecule has 11 heteroatoms. The Balaban J connectivity index is 2.28. The van der Waals surface area contributed by atoms with Gasteiger partial charge in [-0.3, -0.25) is 13.9 Å². The molecule has 2 rings (SSSR count). The first-order valence-corrected chi connectivity index (χ1v) is 14.1. The lowest BCUT2D eigenvalue weighted by Crippen LogP contribution is -2.48. The van der Waals surface area contributed by atoms with Gasteiger partial charge >= 0.3 is 0 Å². The minimum atomic E-state index is -3.62. The third-order valence-corrected chi connectivity index (χ3v) is 7.74. The highest BCUT2D eigenvalue weighted by Gasteiger charge is 2.29. The highest BCUT2D eigenvalue weighted by atomic mass is 35.5. The number of nitrogens with zero attached hydrogens (tertiary/aromatic N) is 2. The van der Waals surface area contributed by atoms with E-state index in [1.807, 2.05) is 6.92 Å². The number of benzene rings is 2. The highest BCUT2D eigenvalue weighted by molar-refractivity contribution is 7.92. The zero-order chi connectivity index (χ0) is 26.3. The molecule has 0 bridgehead atoms. The molecule has 0 aliphatic carbocycles. The van der Waals surface area contributed by atoms with Gasteiger partial charge in [0.25, 0.3) is 0 Å². The second kappa shape index (κ2) is 12.8. The molecular formula is C24H30Cl3N3O4S. The molecule has 2 aromatic carbocycles. The lowest BCUT2D eigenvalue weighted by atomic mass is 10.1. The Morgan fingerprint density at radius 1 is 1.09 bits per heavy atom. The molecule has 7 nitrogen and oxygen atoms in total. The molecule has 0 aromatic heterocycles. The van der Waals surface area contributed by atoms with Crippen LogP contribution < -0.4 is 9.62 Å². The van der Waals surface area contributed by atoms with E-state index in [0.29, 0.717) is 32.7 Å². The monoisotopic (exact) mass is 561 g/mol. The first-order valence-electron chi connectivity index (χ1n) is 11.1. The van der Waals surface area contributed by atoms with E-state index in [9.17, 15) is 18.0 Å². The maximum absolute atomic E-state index is 13.4. The minimum Gasteiger partial charge on any atom is -0.357 e. The summed E-state index contributed by atoms with van der Waals surface area (Å²) < 4.78 is 26.3. The number of carbonyl (C=O) groups is 2. The predicted octanol–water partition coefficient (Wildman–Crippen LogP) is 5.05. The summed E-state index contributed by atoms with van der Waals surface area (Å²) in [4.78, 5) is 27.3. The number of hydrogen-bond donors (Lipinski definition) is 1. The second-order valence-electron chi connectivity index (χ2n) is 8.13. The standard InChI is InChI=1S/C24H30Cl3N3O4S/c1-5-21(24(32)28-3)29(15-18-19(26)8-6-9-20(18)27)23(31)10-7-13-30(35(4,33)34)22-14-17(25)12-11-16(22)2/h6,8-9,11-12,14,21H,5,7,10,13,15H2,1-4H3,(H,28,32)/t21-/m0/s1. The van der Waals surface area contributed by atoms with Gasteiger partial charge in [-0.15, -0.1) is 0 Å². The Labute approximate surface area is 222 Å². The van der Waals surface area contributed by atoms with Gasteiger partial charge in [-0.1, -0.05) is 53.9 Å². The van der Waals surface area contributed by atoms with Crippen LogP contribution in [-0.2, 0) is 26.2 Å². The molecule has 0 radical (unpaired) electrons. The highest BCUT2D eigenvalue weighted by Crippen LogP contribution is 2.29. The van der Waals surface area contributed by atoms with Crippen molar-refractivity contribution in [3.8, 4) is 0 Å². The van der Waals surface area contributed by atoms with Gasteiger partial charge in [-0.2, -0.15) is 0 Å². The van der Waals surface area contributed by atoms with Crippen LogP contribution >= 0.6 is 34.8 Å². The van der Waals surface area contributed by atoms with Crippen molar-refractivity contribution in [2.24, 2.45) is 0 Å². The molecule has 0 saturated heterocycles. The van der Waals surface area contributed by atoms with E-state index in [4.69, 9.17) is 34.8 Å². The Bertz CT molecular complexity index is 1150. The van der Waals surface area contributed by atoms with Gasteiger partial charge in [0, 0.05) is 47.2 Å². The third-order valence-electron chi connectivity index (χ3n) is 5.61. The fourth-order valence-corrected chi connectivity index (χ4v) is 5.47. The zero-order valence-corrected chi connectivity index (χ0v) is 23.2. The maximum Gasteiger partial charge on any atom is 0.242 e. The van der Waals surface area contributed by atoms with Crippen LogP contribution in [-0.4, -0.2) is 51.0 Å². The van der Waals surface area contributed by atoms with E-state index in [2.05, 4.69) is 5.32 Å². The van der Waals surface area contributed by atoms with Crippen molar-refractivity contribution in [1.82, 2.24) is 10.2 Å². The molecule has 0 spiro atoms. The van der Waals surface area contributed by atoms with Crippen LogP contribution in [0.4, 0.5) is 5.69 Å². The van der Waals surface area contributed by atoms with Gasteiger partial charge in [0.15, 0.2) is 0 Å². The largest absolute Gasteiger partial charge is 0.357 e. The molecule has 1 N–H and O–H groups in total. The molecule has 0 heterocycles. The molecule has 0 unspecified atom stereocenters. The van der Waals surface area contributed by atoms with Crippen molar-refractivity contribution >= 4 is 62.3 Å². The summed E-state index contributed by atoms with van der Waals surface area (Å²) in [5.74, 6) is -0.621. The maximum atomic E-state index is 13.4. The molecule has 2 aromatic rings. The van der Waals surface area contributed by atoms with Gasteiger partial charge < -0.3 is 10.2 Å². The smallest absolute Gasteiger partial charge is 0.242 e. The average Bonchev–Trinajstić information content (AvgIpc) is 2.79. The molecule has 0 aliphatic rings. The van der Waals surface area contributed by atoms with Crippen LogP contribution in [0.2, 0.25) is 15.1 Å². The summed E-state index contributed by atoms with van der Waals surface area (Å²) >= 11 is 18.7. The number of rotatable bonds is 11. The Morgan fingerprint density at radius 2 is 1.71 bits per heavy atom. The van der Waals surface area contributed by atoms with Gasteiger partial charge in [-0.25, -0.2) is 8.42 Å². The topological polar surface area (TPSA) is 86.8 Å². The molecule has 2 amide bonds.